The van der Waals surface area contributed by atoms with Gasteiger partial charge in [0.05, 0.1) is 6.04 Å². The van der Waals surface area contributed by atoms with E-state index in [9.17, 15) is 17.6 Å². The first kappa shape index (κ1) is 15.8. The molecule has 0 spiro atoms. The van der Waals surface area contributed by atoms with Gasteiger partial charge in [-0.05, 0) is 18.2 Å². The van der Waals surface area contributed by atoms with Gasteiger partial charge in [0.1, 0.15) is 11.6 Å². The molecule has 1 unspecified atom stereocenters. The van der Waals surface area contributed by atoms with Crippen LogP contribution in [0.3, 0.4) is 0 Å². The predicted molar refractivity (Wildman–Crippen MR) is 73.3 cm³/mol. The number of alkyl halides is 3. The van der Waals surface area contributed by atoms with E-state index in [1.54, 1.807) is 6.07 Å². The highest BCUT2D eigenvalue weighted by Crippen LogP contribution is 2.35. The van der Waals surface area contributed by atoms with E-state index < -0.39 is 24.0 Å². The molecule has 2 aromatic rings. The van der Waals surface area contributed by atoms with Crippen molar-refractivity contribution in [3.63, 3.8) is 0 Å². The van der Waals surface area contributed by atoms with Gasteiger partial charge in [0.2, 0.25) is 0 Å². The Morgan fingerprint density at radius 3 is 2.33 bits per heavy atom. The molecule has 0 saturated heterocycles. The monoisotopic (exact) mass is 363 g/mol. The molecule has 7 heteroatoms. The molecule has 112 valence electrons. The summed E-state index contributed by atoms with van der Waals surface area (Å²) < 4.78 is 55.4. The van der Waals surface area contributed by atoms with Crippen molar-refractivity contribution >= 4 is 15.9 Å². The van der Waals surface area contributed by atoms with Crippen LogP contribution >= 0.6 is 15.9 Å². The van der Waals surface area contributed by atoms with Crippen molar-refractivity contribution in [2.75, 3.05) is 0 Å². The number of hydrogen-bond acceptors (Lipinski definition) is 2. The maximum absolute atomic E-state index is 13.9. The Labute approximate surface area is 126 Å². The second kappa shape index (κ2) is 6.03. The van der Waals surface area contributed by atoms with Crippen LogP contribution in [-0.2, 0) is 0 Å². The lowest BCUT2D eigenvalue weighted by Gasteiger charge is -2.19. The van der Waals surface area contributed by atoms with E-state index in [2.05, 4.69) is 20.7 Å². The maximum atomic E-state index is 13.9. The van der Waals surface area contributed by atoms with Crippen LogP contribution in [0.5, 0.6) is 5.75 Å². The summed E-state index contributed by atoms with van der Waals surface area (Å²) in [5.74, 6) is -1.06. The summed E-state index contributed by atoms with van der Waals surface area (Å²) in [6.45, 7) is 0. The van der Waals surface area contributed by atoms with E-state index in [-0.39, 0.29) is 11.1 Å². The summed E-state index contributed by atoms with van der Waals surface area (Å²) in [5, 5.41) is 0. The fraction of sp³-hybridized carbons (Fsp3) is 0.143. The van der Waals surface area contributed by atoms with E-state index in [1.165, 1.54) is 30.3 Å². The summed E-state index contributed by atoms with van der Waals surface area (Å²) in [4.78, 5) is 0. The number of para-hydroxylation sites is 1. The van der Waals surface area contributed by atoms with Crippen molar-refractivity contribution in [3.05, 3.63) is 63.9 Å². The number of rotatable bonds is 3. The molecule has 2 aromatic carbocycles. The fourth-order valence-corrected chi connectivity index (χ4v) is 2.51. The summed E-state index contributed by atoms with van der Waals surface area (Å²) in [6.07, 6.45) is -4.84. The molecule has 0 fully saturated rings. The SMILES string of the molecule is NC(c1ccccc1OC(F)(F)F)c1c(F)cccc1Br. The van der Waals surface area contributed by atoms with Crippen LogP contribution in [0.4, 0.5) is 17.6 Å². The highest BCUT2D eigenvalue weighted by molar-refractivity contribution is 9.10. The van der Waals surface area contributed by atoms with Gasteiger partial charge in [0.25, 0.3) is 0 Å². The smallest absolute Gasteiger partial charge is 0.405 e. The number of hydrogen-bond donors (Lipinski definition) is 1. The first-order valence-corrected chi connectivity index (χ1v) is 6.63. The van der Waals surface area contributed by atoms with Crippen LogP contribution in [-0.4, -0.2) is 6.36 Å². The zero-order chi connectivity index (χ0) is 15.6. The van der Waals surface area contributed by atoms with Crippen LogP contribution in [0, 0.1) is 5.82 Å². The van der Waals surface area contributed by atoms with Gasteiger partial charge in [-0.15, -0.1) is 13.2 Å². The van der Waals surface area contributed by atoms with Crippen LogP contribution in [0.1, 0.15) is 17.2 Å². The van der Waals surface area contributed by atoms with Crippen molar-refractivity contribution in [1.29, 1.82) is 0 Å². The maximum Gasteiger partial charge on any atom is 0.573 e. The third-order valence-electron chi connectivity index (χ3n) is 2.79. The van der Waals surface area contributed by atoms with Crippen molar-refractivity contribution in [2.45, 2.75) is 12.4 Å². The second-order valence-corrected chi connectivity index (χ2v) is 5.05. The van der Waals surface area contributed by atoms with Gasteiger partial charge in [-0.25, -0.2) is 4.39 Å². The quantitative estimate of drug-likeness (QED) is 0.812. The van der Waals surface area contributed by atoms with E-state index in [0.29, 0.717) is 4.47 Å². The number of benzene rings is 2. The summed E-state index contributed by atoms with van der Waals surface area (Å²) in [7, 11) is 0. The standard InChI is InChI=1S/C14H10BrF4NO/c15-9-5-3-6-10(16)12(9)13(20)8-4-1-2-7-11(8)21-14(17,18)19/h1-7,13H,20H2. The first-order chi connectivity index (χ1) is 9.79. The molecule has 0 amide bonds. The normalized spacial score (nSPS) is 13.0. The molecule has 21 heavy (non-hydrogen) atoms. The lowest BCUT2D eigenvalue weighted by Crippen LogP contribution is -2.21. The lowest BCUT2D eigenvalue weighted by atomic mass is 9.98. The molecular weight excluding hydrogens is 354 g/mol. The third kappa shape index (κ3) is 3.74. The molecule has 0 aliphatic heterocycles. The largest absolute Gasteiger partial charge is 0.573 e. The Morgan fingerprint density at radius 1 is 1.05 bits per heavy atom. The van der Waals surface area contributed by atoms with E-state index in [4.69, 9.17) is 5.73 Å². The number of halogens is 5. The van der Waals surface area contributed by atoms with Crippen LogP contribution in [0.15, 0.2) is 46.9 Å². The molecule has 0 aliphatic rings. The van der Waals surface area contributed by atoms with Crippen molar-refractivity contribution in [3.8, 4) is 5.75 Å². The molecule has 0 radical (unpaired) electrons. The van der Waals surface area contributed by atoms with Gasteiger partial charge in [-0.2, -0.15) is 0 Å². The van der Waals surface area contributed by atoms with Gasteiger partial charge >= 0.3 is 6.36 Å². The average Bonchev–Trinajstić information content (AvgIpc) is 2.37. The molecule has 2 N–H and O–H groups in total. The summed E-state index contributed by atoms with van der Waals surface area (Å²) >= 11 is 3.15. The van der Waals surface area contributed by atoms with Gasteiger partial charge in [-0.1, -0.05) is 40.2 Å². The predicted octanol–water partition coefficient (Wildman–Crippen LogP) is 4.53. The fourth-order valence-electron chi connectivity index (χ4n) is 1.92. The number of ether oxygens (including phenoxy) is 1. The topological polar surface area (TPSA) is 35.2 Å². The second-order valence-electron chi connectivity index (χ2n) is 4.20. The molecule has 0 bridgehead atoms. The molecular formula is C14H10BrF4NO. The van der Waals surface area contributed by atoms with Gasteiger partial charge in [0.15, 0.2) is 0 Å². The molecule has 0 aliphatic carbocycles. The molecule has 0 heterocycles. The van der Waals surface area contributed by atoms with E-state index >= 15 is 0 Å². The molecule has 0 saturated carbocycles. The Hall–Kier alpha value is -1.60. The minimum absolute atomic E-state index is 0.0422. The van der Waals surface area contributed by atoms with Crippen LogP contribution < -0.4 is 10.5 Å². The third-order valence-corrected chi connectivity index (χ3v) is 3.48. The Kier molecular flexibility index (Phi) is 4.53. The summed E-state index contributed by atoms with van der Waals surface area (Å²) in [6, 6.07) is 8.51. The number of nitrogens with two attached hydrogens (primary N) is 1. The van der Waals surface area contributed by atoms with Gasteiger partial charge in [0, 0.05) is 15.6 Å². The van der Waals surface area contributed by atoms with E-state index in [0.717, 1.165) is 6.07 Å². The minimum Gasteiger partial charge on any atom is -0.405 e. The molecule has 0 aromatic heterocycles. The molecule has 1 atom stereocenters. The Bertz CT molecular complexity index is 625. The van der Waals surface area contributed by atoms with Crippen LogP contribution in [0.2, 0.25) is 0 Å². The molecule has 2 rings (SSSR count). The minimum atomic E-state index is -4.84. The summed E-state index contributed by atoms with van der Waals surface area (Å²) in [5.41, 5.74) is 6.03. The van der Waals surface area contributed by atoms with Crippen LogP contribution in [0.25, 0.3) is 0 Å². The molecule has 2 nitrogen and oxygen atoms in total. The lowest BCUT2D eigenvalue weighted by molar-refractivity contribution is -0.274. The van der Waals surface area contributed by atoms with Crippen molar-refractivity contribution in [1.82, 2.24) is 0 Å². The highest BCUT2D eigenvalue weighted by atomic mass is 79.9. The van der Waals surface area contributed by atoms with Gasteiger partial charge in [-0.3, -0.25) is 0 Å². The first-order valence-electron chi connectivity index (χ1n) is 5.84. The van der Waals surface area contributed by atoms with Gasteiger partial charge < -0.3 is 10.5 Å². The zero-order valence-corrected chi connectivity index (χ0v) is 12.1. The Morgan fingerprint density at radius 2 is 1.71 bits per heavy atom. The zero-order valence-electron chi connectivity index (χ0n) is 10.5. The highest BCUT2D eigenvalue weighted by Gasteiger charge is 2.33. The van der Waals surface area contributed by atoms with Crippen molar-refractivity contribution < 1.29 is 22.3 Å². The van der Waals surface area contributed by atoms with Crippen molar-refractivity contribution in [2.24, 2.45) is 5.73 Å². The van der Waals surface area contributed by atoms with E-state index in [1.807, 2.05) is 0 Å². The average molecular weight is 364 g/mol. The Balaban J connectivity index is 2.47.